The zero-order valence-corrected chi connectivity index (χ0v) is 14.8. The van der Waals surface area contributed by atoms with Gasteiger partial charge in [0.05, 0.1) is 0 Å². The van der Waals surface area contributed by atoms with Gasteiger partial charge in [0, 0.05) is 37.7 Å². The maximum atomic E-state index is 11.9. The second-order valence-corrected chi connectivity index (χ2v) is 6.20. The average Bonchev–Trinajstić information content (AvgIpc) is 2.50. The molecule has 0 saturated heterocycles. The second kappa shape index (κ2) is 8.98. The minimum Gasteiger partial charge on any atom is -0.381 e. The van der Waals surface area contributed by atoms with Crippen LogP contribution in [0.15, 0.2) is 17.3 Å². The molecule has 0 bridgehead atoms. The third-order valence-electron chi connectivity index (χ3n) is 4.65. The molecular weight excluding hydrogens is 262 g/mol. The monoisotopic (exact) mass is 295 g/mol. The van der Waals surface area contributed by atoms with Crippen molar-refractivity contribution in [2.45, 2.75) is 48.0 Å². The van der Waals surface area contributed by atoms with Gasteiger partial charge >= 0.3 is 0 Å². The molecule has 0 fully saturated rings. The lowest BCUT2D eigenvalue weighted by Crippen LogP contribution is -2.30. The Hall–Kier alpha value is -1.16. The Morgan fingerprint density at radius 1 is 1.38 bits per heavy atom. The summed E-state index contributed by atoms with van der Waals surface area (Å²) >= 11 is 0. The molecular formula is C17H33N3O. The largest absolute Gasteiger partial charge is 0.381 e. The Kier molecular flexibility index (Phi) is 8.48. The number of nitrogens with two attached hydrogens (primary N) is 1. The average molecular weight is 295 g/mol. The van der Waals surface area contributed by atoms with E-state index in [0.717, 1.165) is 18.7 Å². The number of nitrogens with zero attached hydrogens (tertiary/aromatic N) is 2. The topological polar surface area (TPSA) is 58.7 Å². The quantitative estimate of drug-likeness (QED) is 0.700. The number of allylic oxidation sites excluding steroid dienone is 1. The van der Waals surface area contributed by atoms with Crippen molar-refractivity contribution in [1.29, 1.82) is 0 Å². The molecule has 3 atom stereocenters. The third-order valence-corrected chi connectivity index (χ3v) is 4.65. The number of amides is 1. The summed E-state index contributed by atoms with van der Waals surface area (Å²) < 4.78 is 0. The highest BCUT2D eigenvalue weighted by Crippen LogP contribution is 2.34. The highest BCUT2D eigenvalue weighted by molar-refractivity contribution is 5.96. The van der Waals surface area contributed by atoms with Crippen LogP contribution in [0, 0.1) is 17.3 Å². The molecule has 4 nitrogen and oxygen atoms in total. The van der Waals surface area contributed by atoms with Crippen LogP contribution in [0.2, 0.25) is 0 Å². The molecule has 0 aromatic heterocycles. The van der Waals surface area contributed by atoms with Crippen molar-refractivity contribution in [2.75, 3.05) is 20.1 Å². The molecule has 0 radical (unpaired) electrons. The Labute approximate surface area is 130 Å². The first kappa shape index (κ1) is 19.8. The molecule has 0 spiro atoms. The Balaban J connectivity index is 5.15. The van der Waals surface area contributed by atoms with Gasteiger partial charge in [0.1, 0.15) is 0 Å². The first-order chi connectivity index (χ1) is 9.71. The van der Waals surface area contributed by atoms with Crippen molar-refractivity contribution in [1.82, 2.24) is 4.90 Å². The first-order valence-corrected chi connectivity index (χ1v) is 7.90. The van der Waals surface area contributed by atoms with Crippen molar-refractivity contribution in [3.05, 3.63) is 12.3 Å². The highest BCUT2D eigenvalue weighted by atomic mass is 16.1. The van der Waals surface area contributed by atoms with Crippen molar-refractivity contribution in [3.8, 4) is 0 Å². The van der Waals surface area contributed by atoms with Crippen LogP contribution in [0.25, 0.3) is 0 Å². The second-order valence-electron chi connectivity index (χ2n) is 6.20. The van der Waals surface area contributed by atoms with E-state index in [1.54, 1.807) is 0 Å². The first-order valence-electron chi connectivity index (χ1n) is 7.90. The molecule has 0 aliphatic heterocycles. The molecule has 0 aromatic carbocycles. The summed E-state index contributed by atoms with van der Waals surface area (Å²) in [4.78, 5) is 18.3. The molecule has 1 amide bonds. The zero-order chi connectivity index (χ0) is 16.6. The predicted molar refractivity (Wildman–Crippen MR) is 91.3 cm³/mol. The lowest BCUT2D eigenvalue weighted by molar-refractivity contribution is -0.120. The molecule has 21 heavy (non-hydrogen) atoms. The standard InChI is InChI=1S/C17H33N3O/c1-8-17(6,10-11-20(7)9-2)14(4)15(5)19-16(21)13(3)12-18/h10-11,13-14H,8-9,12,18H2,1-7H3/b11-10-,19-15-/t13?,14-,17?/m0/s1. The van der Waals surface area contributed by atoms with Gasteiger partial charge < -0.3 is 10.6 Å². The van der Waals surface area contributed by atoms with E-state index < -0.39 is 0 Å². The van der Waals surface area contributed by atoms with E-state index in [1.807, 2.05) is 13.8 Å². The van der Waals surface area contributed by atoms with E-state index in [-0.39, 0.29) is 23.2 Å². The number of aliphatic imine (C=N–C) groups is 1. The van der Waals surface area contributed by atoms with Crippen LogP contribution in [-0.4, -0.2) is 36.7 Å². The smallest absolute Gasteiger partial charge is 0.249 e. The Morgan fingerprint density at radius 2 is 1.95 bits per heavy atom. The van der Waals surface area contributed by atoms with E-state index in [4.69, 9.17) is 5.73 Å². The van der Waals surface area contributed by atoms with Crippen molar-refractivity contribution in [3.63, 3.8) is 0 Å². The number of hydrogen-bond acceptors (Lipinski definition) is 3. The fourth-order valence-corrected chi connectivity index (χ4v) is 1.93. The summed E-state index contributed by atoms with van der Waals surface area (Å²) in [5.41, 5.74) is 6.40. The molecule has 0 rings (SSSR count). The summed E-state index contributed by atoms with van der Waals surface area (Å²) in [7, 11) is 2.06. The summed E-state index contributed by atoms with van der Waals surface area (Å²) in [6.07, 6.45) is 5.35. The van der Waals surface area contributed by atoms with Crippen LogP contribution in [0.4, 0.5) is 0 Å². The Morgan fingerprint density at radius 3 is 2.38 bits per heavy atom. The third kappa shape index (κ3) is 6.00. The van der Waals surface area contributed by atoms with Crippen LogP contribution in [0.1, 0.15) is 48.0 Å². The molecule has 0 aromatic rings. The summed E-state index contributed by atoms with van der Waals surface area (Å²) in [6.45, 7) is 13.7. The molecule has 2 unspecified atom stereocenters. The molecule has 0 saturated carbocycles. The van der Waals surface area contributed by atoms with Gasteiger partial charge in [0.25, 0.3) is 0 Å². The van der Waals surface area contributed by atoms with Gasteiger partial charge in [-0.2, -0.15) is 0 Å². The molecule has 2 N–H and O–H groups in total. The maximum Gasteiger partial charge on any atom is 0.249 e. The van der Waals surface area contributed by atoms with Gasteiger partial charge in [0.15, 0.2) is 0 Å². The molecule has 0 heterocycles. The highest BCUT2D eigenvalue weighted by Gasteiger charge is 2.29. The lowest BCUT2D eigenvalue weighted by Gasteiger charge is -2.32. The maximum absolute atomic E-state index is 11.9. The number of hydrogen-bond donors (Lipinski definition) is 1. The fourth-order valence-electron chi connectivity index (χ4n) is 1.93. The van der Waals surface area contributed by atoms with Crippen LogP contribution < -0.4 is 5.73 Å². The normalized spacial score (nSPS) is 18.4. The molecule has 0 aliphatic carbocycles. The van der Waals surface area contributed by atoms with Crippen LogP contribution in [-0.2, 0) is 4.79 Å². The van der Waals surface area contributed by atoms with E-state index in [2.05, 4.69) is 56.9 Å². The number of rotatable bonds is 8. The van der Waals surface area contributed by atoms with Gasteiger partial charge in [-0.15, -0.1) is 0 Å². The minimum atomic E-state index is -0.207. The summed E-state index contributed by atoms with van der Waals surface area (Å²) in [5.74, 6) is -0.116. The van der Waals surface area contributed by atoms with Gasteiger partial charge in [-0.25, -0.2) is 4.99 Å². The minimum absolute atomic E-state index is 0.0107. The summed E-state index contributed by atoms with van der Waals surface area (Å²) in [6, 6.07) is 0. The van der Waals surface area contributed by atoms with Crippen molar-refractivity contribution < 1.29 is 4.79 Å². The molecule has 0 aliphatic rings. The van der Waals surface area contributed by atoms with Gasteiger partial charge in [-0.3, -0.25) is 4.79 Å². The van der Waals surface area contributed by atoms with Gasteiger partial charge in [-0.1, -0.05) is 33.8 Å². The van der Waals surface area contributed by atoms with E-state index >= 15 is 0 Å². The van der Waals surface area contributed by atoms with E-state index in [0.29, 0.717) is 6.54 Å². The van der Waals surface area contributed by atoms with Crippen LogP contribution in [0.3, 0.4) is 0 Å². The lowest BCUT2D eigenvalue weighted by atomic mass is 9.73. The van der Waals surface area contributed by atoms with Crippen molar-refractivity contribution >= 4 is 11.6 Å². The van der Waals surface area contributed by atoms with Crippen molar-refractivity contribution in [2.24, 2.45) is 28.0 Å². The van der Waals surface area contributed by atoms with Crippen LogP contribution >= 0.6 is 0 Å². The van der Waals surface area contributed by atoms with Gasteiger partial charge in [0.2, 0.25) is 5.91 Å². The SMILES string of the molecule is CCN(C)/C=C\C(C)(CC)[C@@H](C)/C(C)=N\C(=O)C(C)CN. The molecule has 122 valence electrons. The number of carbonyl (C=O) groups is 1. The zero-order valence-electron chi connectivity index (χ0n) is 14.8. The fraction of sp³-hybridized carbons (Fsp3) is 0.765. The summed E-state index contributed by atoms with van der Waals surface area (Å²) in [5, 5.41) is 0. The predicted octanol–water partition coefficient (Wildman–Crippen LogP) is 3.09. The Bertz CT molecular complexity index is 389. The van der Waals surface area contributed by atoms with E-state index in [1.165, 1.54) is 0 Å². The van der Waals surface area contributed by atoms with E-state index in [9.17, 15) is 4.79 Å². The molecule has 4 heteroatoms. The number of carbonyl (C=O) groups excluding carboxylic acids is 1. The van der Waals surface area contributed by atoms with Crippen LogP contribution in [0.5, 0.6) is 0 Å². The van der Waals surface area contributed by atoms with Gasteiger partial charge in [-0.05, 0) is 31.9 Å².